The Bertz CT molecular complexity index is 597. The Morgan fingerprint density at radius 3 is 2.50 bits per heavy atom. The number of hydrogen-bond donors (Lipinski definition) is 1. The third-order valence-electron chi connectivity index (χ3n) is 2.46. The van der Waals surface area contributed by atoms with Crippen LogP contribution in [0.4, 0.5) is 9.93 Å². The molecular formula is C15H18N2O2S. The first-order chi connectivity index (χ1) is 9.33. The van der Waals surface area contributed by atoms with Crippen molar-refractivity contribution in [2.24, 2.45) is 0 Å². The fourth-order valence-electron chi connectivity index (χ4n) is 1.58. The lowest BCUT2D eigenvalue weighted by Gasteiger charge is -2.18. The van der Waals surface area contributed by atoms with Crippen LogP contribution in [-0.2, 0) is 4.74 Å². The minimum Gasteiger partial charge on any atom is -0.444 e. The van der Waals surface area contributed by atoms with Crippen LogP contribution in [0.15, 0.2) is 29.6 Å². The number of carbonyl (C=O) groups is 1. The molecule has 0 aliphatic rings. The zero-order chi connectivity index (χ0) is 14.8. The summed E-state index contributed by atoms with van der Waals surface area (Å²) in [5.41, 5.74) is 2.57. The molecule has 0 bridgehead atoms. The summed E-state index contributed by atoms with van der Waals surface area (Å²) >= 11 is 1.38. The molecule has 2 aromatic rings. The Morgan fingerprint density at radius 2 is 1.90 bits per heavy atom. The number of aromatic nitrogens is 1. The number of carbonyl (C=O) groups excluding carboxylic acids is 1. The molecule has 0 radical (unpaired) electrons. The van der Waals surface area contributed by atoms with Crippen molar-refractivity contribution in [1.82, 2.24) is 4.98 Å². The smallest absolute Gasteiger partial charge is 0.413 e. The van der Waals surface area contributed by atoms with Crippen molar-refractivity contribution < 1.29 is 9.53 Å². The predicted octanol–water partition coefficient (Wildman–Crippen LogP) is 4.47. The van der Waals surface area contributed by atoms with Crippen LogP contribution in [0.25, 0.3) is 11.3 Å². The van der Waals surface area contributed by atoms with E-state index in [9.17, 15) is 4.79 Å². The largest absolute Gasteiger partial charge is 0.444 e. The zero-order valence-electron chi connectivity index (χ0n) is 12.1. The molecule has 1 heterocycles. The number of anilines is 1. The van der Waals surface area contributed by atoms with E-state index >= 15 is 0 Å². The number of ether oxygens (including phenoxy) is 1. The Labute approximate surface area is 122 Å². The van der Waals surface area contributed by atoms with Gasteiger partial charge in [0.05, 0.1) is 5.69 Å². The third kappa shape index (κ3) is 4.06. The molecule has 0 unspecified atom stereocenters. The average Bonchev–Trinajstić information content (AvgIpc) is 2.75. The summed E-state index contributed by atoms with van der Waals surface area (Å²) in [4.78, 5) is 16.0. The molecule has 1 N–H and O–H groups in total. The van der Waals surface area contributed by atoms with Gasteiger partial charge in [0.2, 0.25) is 0 Å². The van der Waals surface area contributed by atoms with Gasteiger partial charge in [-0.25, -0.2) is 9.78 Å². The van der Waals surface area contributed by atoms with Crippen molar-refractivity contribution in [2.75, 3.05) is 5.32 Å². The van der Waals surface area contributed by atoms with Crippen molar-refractivity contribution >= 4 is 22.6 Å². The maximum absolute atomic E-state index is 11.7. The summed E-state index contributed by atoms with van der Waals surface area (Å²) in [5.74, 6) is 0. The molecule has 20 heavy (non-hydrogen) atoms. The van der Waals surface area contributed by atoms with Crippen molar-refractivity contribution in [2.45, 2.75) is 33.3 Å². The van der Waals surface area contributed by atoms with Crippen LogP contribution in [0.2, 0.25) is 0 Å². The molecule has 0 aliphatic heterocycles. The molecule has 0 aliphatic carbocycles. The number of aryl methyl sites for hydroxylation is 1. The van der Waals surface area contributed by atoms with E-state index in [-0.39, 0.29) is 0 Å². The lowest BCUT2D eigenvalue weighted by Crippen LogP contribution is -2.27. The van der Waals surface area contributed by atoms with Gasteiger partial charge >= 0.3 is 6.09 Å². The molecule has 4 nitrogen and oxygen atoms in total. The molecule has 1 aromatic carbocycles. The zero-order valence-corrected chi connectivity index (χ0v) is 12.9. The van der Waals surface area contributed by atoms with E-state index in [4.69, 9.17) is 4.74 Å². The van der Waals surface area contributed by atoms with Gasteiger partial charge in [-0.15, -0.1) is 11.3 Å². The highest BCUT2D eigenvalue weighted by atomic mass is 32.1. The highest BCUT2D eigenvalue weighted by Gasteiger charge is 2.17. The fourth-order valence-corrected chi connectivity index (χ4v) is 2.28. The lowest BCUT2D eigenvalue weighted by atomic mass is 10.1. The van der Waals surface area contributed by atoms with Gasteiger partial charge < -0.3 is 4.74 Å². The van der Waals surface area contributed by atoms with Crippen LogP contribution < -0.4 is 5.32 Å². The van der Waals surface area contributed by atoms with Gasteiger partial charge in [0, 0.05) is 10.9 Å². The topological polar surface area (TPSA) is 51.2 Å². The van der Waals surface area contributed by atoms with E-state index < -0.39 is 11.7 Å². The number of thiazole rings is 1. The highest BCUT2D eigenvalue weighted by Crippen LogP contribution is 2.25. The molecule has 106 valence electrons. The van der Waals surface area contributed by atoms with Crippen LogP contribution in [0, 0.1) is 6.92 Å². The van der Waals surface area contributed by atoms with Crippen molar-refractivity contribution in [3.05, 3.63) is 35.2 Å². The first-order valence-corrected chi connectivity index (χ1v) is 7.24. The monoisotopic (exact) mass is 290 g/mol. The van der Waals surface area contributed by atoms with Crippen molar-refractivity contribution in [3.8, 4) is 11.3 Å². The Balaban J connectivity index is 2.06. The molecule has 0 saturated carbocycles. The van der Waals surface area contributed by atoms with Gasteiger partial charge in [0.15, 0.2) is 5.13 Å². The van der Waals surface area contributed by atoms with Gasteiger partial charge in [-0.2, -0.15) is 0 Å². The number of nitrogens with zero attached hydrogens (tertiary/aromatic N) is 1. The van der Waals surface area contributed by atoms with Crippen LogP contribution in [-0.4, -0.2) is 16.7 Å². The predicted molar refractivity (Wildman–Crippen MR) is 82.1 cm³/mol. The standard InChI is InChI=1S/C15H18N2O2S/c1-10-5-7-11(8-6-10)12-9-20-13(16-12)17-14(18)19-15(2,3)4/h5-9H,1-4H3,(H,16,17,18). The summed E-state index contributed by atoms with van der Waals surface area (Å²) < 4.78 is 5.19. The number of hydrogen-bond acceptors (Lipinski definition) is 4. The Hall–Kier alpha value is -1.88. The van der Waals surface area contributed by atoms with Crippen LogP contribution in [0.1, 0.15) is 26.3 Å². The van der Waals surface area contributed by atoms with Crippen LogP contribution >= 0.6 is 11.3 Å². The summed E-state index contributed by atoms with van der Waals surface area (Å²) in [6.45, 7) is 7.52. The van der Waals surface area contributed by atoms with E-state index in [1.165, 1.54) is 16.9 Å². The lowest BCUT2D eigenvalue weighted by molar-refractivity contribution is 0.0636. The summed E-state index contributed by atoms with van der Waals surface area (Å²) in [7, 11) is 0. The van der Waals surface area contributed by atoms with E-state index in [2.05, 4.69) is 10.3 Å². The van der Waals surface area contributed by atoms with Crippen LogP contribution in [0.5, 0.6) is 0 Å². The SMILES string of the molecule is Cc1ccc(-c2csc(NC(=O)OC(C)(C)C)n2)cc1. The second-order valence-corrected chi connectivity index (χ2v) is 6.39. The first-order valence-electron chi connectivity index (χ1n) is 6.36. The molecule has 1 aromatic heterocycles. The number of rotatable bonds is 2. The van der Waals surface area contributed by atoms with Crippen LogP contribution in [0.3, 0.4) is 0 Å². The van der Waals surface area contributed by atoms with Gasteiger partial charge in [-0.05, 0) is 27.7 Å². The molecule has 5 heteroatoms. The summed E-state index contributed by atoms with van der Waals surface area (Å²) in [5, 5.41) is 5.10. The molecule has 0 atom stereocenters. The second kappa shape index (κ2) is 5.63. The highest BCUT2D eigenvalue weighted by molar-refractivity contribution is 7.14. The van der Waals surface area contributed by atoms with Crippen molar-refractivity contribution in [1.29, 1.82) is 0 Å². The minimum atomic E-state index is -0.513. The maximum Gasteiger partial charge on any atom is 0.413 e. The minimum absolute atomic E-state index is 0.484. The van der Waals surface area contributed by atoms with Gasteiger partial charge in [0.25, 0.3) is 0 Å². The molecule has 1 amide bonds. The average molecular weight is 290 g/mol. The molecule has 0 fully saturated rings. The maximum atomic E-state index is 11.7. The normalized spacial score (nSPS) is 11.2. The first kappa shape index (κ1) is 14.5. The Kier molecular flexibility index (Phi) is 4.09. The second-order valence-electron chi connectivity index (χ2n) is 5.53. The Morgan fingerprint density at radius 1 is 1.25 bits per heavy atom. The van der Waals surface area contributed by atoms with Crippen molar-refractivity contribution in [3.63, 3.8) is 0 Å². The van der Waals surface area contributed by atoms with E-state index in [1.54, 1.807) is 0 Å². The molecule has 0 spiro atoms. The molecule has 0 saturated heterocycles. The van der Waals surface area contributed by atoms with E-state index in [1.807, 2.05) is 57.3 Å². The fraction of sp³-hybridized carbons (Fsp3) is 0.333. The van der Waals surface area contributed by atoms with Gasteiger partial charge in [0.1, 0.15) is 5.60 Å². The number of benzene rings is 1. The van der Waals surface area contributed by atoms with Gasteiger partial charge in [-0.3, -0.25) is 5.32 Å². The third-order valence-corrected chi connectivity index (χ3v) is 3.22. The molecular weight excluding hydrogens is 272 g/mol. The number of nitrogens with one attached hydrogen (secondary N) is 1. The number of amides is 1. The van der Waals surface area contributed by atoms with Gasteiger partial charge in [-0.1, -0.05) is 29.8 Å². The molecule has 2 rings (SSSR count). The quantitative estimate of drug-likeness (QED) is 0.888. The summed E-state index contributed by atoms with van der Waals surface area (Å²) in [6, 6.07) is 8.11. The van der Waals surface area contributed by atoms with E-state index in [0.717, 1.165) is 11.3 Å². The van der Waals surface area contributed by atoms with E-state index in [0.29, 0.717) is 5.13 Å². The summed E-state index contributed by atoms with van der Waals surface area (Å²) in [6.07, 6.45) is -0.484.